The number of anilines is 1. The Morgan fingerprint density at radius 3 is 2.78 bits per heavy atom. The molecule has 5 nitrogen and oxygen atoms in total. The van der Waals surface area contributed by atoms with Gasteiger partial charge in [0.2, 0.25) is 5.91 Å². The molecule has 2 aromatic carbocycles. The molecule has 27 heavy (non-hydrogen) atoms. The van der Waals surface area contributed by atoms with Gasteiger partial charge < -0.3 is 10.3 Å². The minimum atomic E-state index is -0.0444. The van der Waals surface area contributed by atoms with Gasteiger partial charge in [0, 0.05) is 40.8 Å². The van der Waals surface area contributed by atoms with Gasteiger partial charge >= 0.3 is 0 Å². The van der Waals surface area contributed by atoms with Gasteiger partial charge in [-0.15, -0.1) is 0 Å². The molecule has 0 radical (unpaired) electrons. The van der Waals surface area contributed by atoms with Crippen molar-refractivity contribution in [3.63, 3.8) is 0 Å². The summed E-state index contributed by atoms with van der Waals surface area (Å²) in [7, 11) is 0. The fourth-order valence-corrected chi connectivity index (χ4v) is 3.21. The number of H-pyrrole nitrogens is 1. The van der Waals surface area contributed by atoms with E-state index in [1.54, 1.807) is 10.7 Å². The van der Waals surface area contributed by atoms with E-state index in [0.717, 1.165) is 22.0 Å². The summed E-state index contributed by atoms with van der Waals surface area (Å²) in [5.74, 6) is 0.518. The monoisotopic (exact) mass is 378 g/mol. The molecule has 4 aromatic rings. The number of hydrogen-bond donors (Lipinski definition) is 2. The number of benzene rings is 2. The van der Waals surface area contributed by atoms with Crippen LogP contribution in [0.1, 0.15) is 17.5 Å². The average molecular weight is 379 g/mol. The topological polar surface area (TPSA) is 62.7 Å². The molecular weight excluding hydrogens is 360 g/mol. The van der Waals surface area contributed by atoms with E-state index in [1.807, 2.05) is 54.9 Å². The summed E-state index contributed by atoms with van der Waals surface area (Å²) in [5.41, 5.74) is 3.34. The molecule has 1 amide bonds. The number of aryl methyl sites for hydroxylation is 1. The zero-order chi connectivity index (χ0) is 18.6. The van der Waals surface area contributed by atoms with E-state index in [0.29, 0.717) is 30.2 Å². The summed E-state index contributed by atoms with van der Waals surface area (Å²) in [6, 6.07) is 17.5. The van der Waals surface area contributed by atoms with Crippen LogP contribution in [-0.2, 0) is 17.8 Å². The Labute approximate surface area is 162 Å². The molecule has 0 aliphatic carbocycles. The molecule has 0 aliphatic rings. The first-order valence-electron chi connectivity index (χ1n) is 8.80. The highest BCUT2D eigenvalue weighted by Crippen LogP contribution is 2.19. The molecule has 4 rings (SSSR count). The summed E-state index contributed by atoms with van der Waals surface area (Å²) in [6.07, 6.45) is 4.91. The van der Waals surface area contributed by atoms with Gasteiger partial charge in [-0.1, -0.05) is 41.9 Å². The minimum absolute atomic E-state index is 0.0444. The molecule has 0 bridgehead atoms. The van der Waals surface area contributed by atoms with Crippen molar-refractivity contribution in [3.8, 4) is 0 Å². The van der Waals surface area contributed by atoms with Crippen LogP contribution < -0.4 is 5.32 Å². The molecule has 0 saturated carbocycles. The molecule has 2 aromatic heterocycles. The van der Waals surface area contributed by atoms with Crippen molar-refractivity contribution in [3.05, 3.63) is 83.1 Å². The van der Waals surface area contributed by atoms with Gasteiger partial charge in [-0.05, 0) is 35.7 Å². The van der Waals surface area contributed by atoms with Gasteiger partial charge in [0.05, 0.1) is 6.54 Å². The van der Waals surface area contributed by atoms with E-state index in [9.17, 15) is 4.79 Å². The maximum Gasteiger partial charge on any atom is 0.225 e. The van der Waals surface area contributed by atoms with Crippen LogP contribution in [0.3, 0.4) is 0 Å². The summed E-state index contributed by atoms with van der Waals surface area (Å²) < 4.78 is 1.79. The number of hydrogen-bond acceptors (Lipinski definition) is 2. The first-order chi connectivity index (χ1) is 13.2. The molecule has 0 unspecified atom stereocenters. The van der Waals surface area contributed by atoms with Gasteiger partial charge in [-0.2, -0.15) is 5.10 Å². The standard InChI is InChI=1S/C21H19ClN4O/c22-17-8-5-15(6-9-17)14-26-12-11-20(25-26)24-21(27)10-7-16-13-23-19-4-2-1-3-18(16)19/h1-6,8-9,11-13,23H,7,10,14H2,(H,24,25,27). The number of aromatic amines is 1. The fraction of sp³-hybridized carbons (Fsp3) is 0.143. The van der Waals surface area contributed by atoms with Gasteiger partial charge in [0.1, 0.15) is 0 Å². The lowest BCUT2D eigenvalue weighted by atomic mass is 10.1. The van der Waals surface area contributed by atoms with E-state index in [1.165, 1.54) is 0 Å². The predicted octanol–water partition coefficient (Wildman–Crippen LogP) is 4.64. The van der Waals surface area contributed by atoms with Crippen molar-refractivity contribution in [1.82, 2.24) is 14.8 Å². The summed E-state index contributed by atoms with van der Waals surface area (Å²) >= 11 is 5.90. The second-order valence-electron chi connectivity index (χ2n) is 6.43. The zero-order valence-corrected chi connectivity index (χ0v) is 15.4. The number of rotatable bonds is 6. The molecule has 0 spiro atoms. The van der Waals surface area contributed by atoms with Crippen molar-refractivity contribution < 1.29 is 4.79 Å². The smallest absolute Gasteiger partial charge is 0.225 e. The van der Waals surface area contributed by atoms with Crippen molar-refractivity contribution in [2.75, 3.05) is 5.32 Å². The van der Waals surface area contributed by atoms with Gasteiger partial charge in [-0.25, -0.2) is 0 Å². The quantitative estimate of drug-likeness (QED) is 0.513. The number of amides is 1. The van der Waals surface area contributed by atoms with Crippen molar-refractivity contribution in [2.45, 2.75) is 19.4 Å². The first-order valence-corrected chi connectivity index (χ1v) is 9.18. The van der Waals surface area contributed by atoms with Crippen LogP contribution in [0.25, 0.3) is 10.9 Å². The van der Waals surface area contributed by atoms with Crippen molar-refractivity contribution in [1.29, 1.82) is 0 Å². The fourth-order valence-electron chi connectivity index (χ4n) is 3.09. The number of carbonyl (C=O) groups excluding carboxylic acids is 1. The summed E-state index contributed by atoms with van der Waals surface area (Å²) in [6.45, 7) is 0.627. The normalized spacial score (nSPS) is 11.0. The Balaban J connectivity index is 1.33. The second-order valence-corrected chi connectivity index (χ2v) is 6.87. The molecule has 2 N–H and O–H groups in total. The second kappa shape index (κ2) is 7.68. The number of nitrogens with one attached hydrogen (secondary N) is 2. The van der Waals surface area contributed by atoms with Crippen LogP contribution in [0.5, 0.6) is 0 Å². The number of halogens is 1. The molecule has 0 atom stereocenters. The van der Waals surface area contributed by atoms with Gasteiger partial charge in [0.25, 0.3) is 0 Å². The van der Waals surface area contributed by atoms with E-state index in [2.05, 4.69) is 21.5 Å². The maximum absolute atomic E-state index is 12.3. The minimum Gasteiger partial charge on any atom is -0.361 e. The number of carbonyl (C=O) groups is 1. The third kappa shape index (κ3) is 4.20. The molecule has 2 heterocycles. The number of nitrogens with zero attached hydrogens (tertiary/aromatic N) is 2. The van der Waals surface area contributed by atoms with Crippen molar-refractivity contribution in [2.24, 2.45) is 0 Å². The molecule has 136 valence electrons. The lowest BCUT2D eigenvalue weighted by molar-refractivity contribution is -0.116. The molecule has 0 saturated heterocycles. The highest BCUT2D eigenvalue weighted by molar-refractivity contribution is 6.30. The molecule has 6 heteroatoms. The number of para-hydroxylation sites is 1. The van der Waals surface area contributed by atoms with Crippen LogP contribution in [-0.4, -0.2) is 20.7 Å². The summed E-state index contributed by atoms with van der Waals surface area (Å²) in [4.78, 5) is 15.5. The Hall–Kier alpha value is -3.05. The molecular formula is C21H19ClN4O. The summed E-state index contributed by atoms with van der Waals surface area (Å²) in [5, 5.41) is 9.15. The Kier molecular flexibility index (Phi) is 4.94. The van der Waals surface area contributed by atoms with Gasteiger partial charge in [0.15, 0.2) is 5.82 Å². The molecule has 0 fully saturated rings. The van der Waals surface area contributed by atoms with Crippen LogP contribution in [0.4, 0.5) is 5.82 Å². The van der Waals surface area contributed by atoms with E-state index in [-0.39, 0.29) is 5.91 Å². The largest absolute Gasteiger partial charge is 0.361 e. The third-order valence-electron chi connectivity index (χ3n) is 4.46. The average Bonchev–Trinajstić information content (AvgIpc) is 3.29. The van der Waals surface area contributed by atoms with Crippen LogP contribution in [0.2, 0.25) is 5.02 Å². The number of aromatic nitrogens is 3. The lowest BCUT2D eigenvalue weighted by Crippen LogP contribution is -2.13. The van der Waals surface area contributed by atoms with Gasteiger partial charge in [-0.3, -0.25) is 9.48 Å². The third-order valence-corrected chi connectivity index (χ3v) is 4.71. The zero-order valence-electron chi connectivity index (χ0n) is 14.7. The van der Waals surface area contributed by atoms with Crippen molar-refractivity contribution >= 4 is 34.2 Å². The van der Waals surface area contributed by atoms with E-state index in [4.69, 9.17) is 11.6 Å². The Morgan fingerprint density at radius 1 is 1.11 bits per heavy atom. The first kappa shape index (κ1) is 17.4. The van der Waals surface area contributed by atoms with Crippen LogP contribution in [0, 0.1) is 0 Å². The van der Waals surface area contributed by atoms with E-state index >= 15 is 0 Å². The number of fused-ring (bicyclic) bond motifs is 1. The highest BCUT2D eigenvalue weighted by Gasteiger charge is 2.08. The maximum atomic E-state index is 12.3. The Morgan fingerprint density at radius 2 is 1.93 bits per heavy atom. The van der Waals surface area contributed by atoms with Crippen LogP contribution >= 0.6 is 11.6 Å². The Bertz CT molecular complexity index is 1070. The molecule has 0 aliphatic heterocycles. The van der Waals surface area contributed by atoms with E-state index < -0.39 is 0 Å². The lowest BCUT2D eigenvalue weighted by Gasteiger charge is -2.03. The van der Waals surface area contributed by atoms with Crippen LogP contribution in [0.15, 0.2) is 67.0 Å². The highest BCUT2D eigenvalue weighted by atomic mass is 35.5. The SMILES string of the molecule is O=C(CCc1c[nH]c2ccccc12)Nc1ccn(Cc2ccc(Cl)cc2)n1. The predicted molar refractivity (Wildman–Crippen MR) is 108 cm³/mol.